The first-order chi connectivity index (χ1) is 7.35. The van der Waals surface area contributed by atoms with Gasteiger partial charge in [-0.15, -0.1) is 0 Å². The Morgan fingerprint density at radius 2 is 1.81 bits per heavy atom. The number of rotatable bonds is 6. The first kappa shape index (κ1) is 15.2. The van der Waals surface area contributed by atoms with Gasteiger partial charge in [-0.3, -0.25) is 0 Å². The summed E-state index contributed by atoms with van der Waals surface area (Å²) in [5, 5.41) is 9.50. The highest BCUT2D eigenvalue weighted by atomic mass is 16.3. The van der Waals surface area contributed by atoms with Gasteiger partial charge < -0.3 is 5.11 Å². The summed E-state index contributed by atoms with van der Waals surface area (Å²) in [5.41, 5.74) is 2.11. The molecule has 0 radical (unpaired) electrons. The van der Waals surface area contributed by atoms with Crippen LogP contribution in [0.3, 0.4) is 0 Å². The molecule has 0 atom stereocenters. The summed E-state index contributed by atoms with van der Waals surface area (Å²) in [6, 6.07) is 0. The van der Waals surface area contributed by atoms with Gasteiger partial charge in [-0.05, 0) is 53.9 Å². The van der Waals surface area contributed by atoms with Crippen LogP contribution in [0, 0.1) is 0 Å². The predicted octanol–water partition coefficient (Wildman–Crippen LogP) is 4.40. The van der Waals surface area contributed by atoms with Crippen LogP contribution in [-0.4, -0.2) is 10.7 Å². The summed E-state index contributed by atoms with van der Waals surface area (Å²) < 4.78 is 0. The summed E-state index contributed by atoms with van der Waals surface area (Å²) in [6.45, 7) is 9.96. The van der Waals surface area contributed by atoms with Gasteiger partial charge in [0.05, 0.1) is 5.60 Å². The van der Waals surface area contributed by atoms with E-state index in [1.54, 1.807) is 13.8 Å². The van der Waals surface area contributed by atoms with Crippen LogP contribution in [0.5, 0.6) is 0 Å². The Hall–Kier alpha value is -0.820. The van der Waals surface area contributed by atoms with Crippen molar-refractivity contribution in [3.05, 3.63) is 35.5 Å². The number of hydrogen-bond acceptors (Lipinski definition) is 1. The molecule has 1 heteroatoms. The molecule has 0 aromatic carbocycles. The molecule has 0 saturated heterocycles. The second kappa shape index (κ2) is 7.45. The molecule has 0 saturated carbocycles. The van der Waals surface area contributed by atoms with Gasteiger partial charge in [0.1, 0.15) is 0 Å². The van der Waals surface area contributed by atoms with Gasteiger partial charge in [-0.2, -0.15) is 0 Å². The van der Waals surface area contributed by atoms with Crippen molar-refractivity contribution in [3.8, 4) is 0 Å². The molecule has 16 heavy (non-hydrogen) atoms. The lowest BCUT2D eigenvalue weighted by Crippen LogP contribution is -2.13. The highest BCUT2D eigenvalue weighted by Crippen LogP contribution is 2.10. The maximum Gasteiger partial charge on any atom is 0.0771 e. The zero-order valence-corrected chi connectivity index (χ0v) is 11.4. The van der Waals surface area contributed by atoms with E-state index < -0.39 is 5.60 Å². The van der Waals surface area contributed by atoms with Crippen molar-refractivity contribution in [2.75, 3.05) is 0 Å². The lowest BCUT2D eigenvalue weighted by atomic mass is 10.1. The maximum atomic E-state index is 9.50. The number of aliphatic hydroxyl groups is 1. The van der Waals surface area contributed by atoms with Gasteiger partial charge in [0, 0.05) is 0 Å². The Bertz CT molecular complexity index is 274. The lowest BCUT2D eigenvalue weighted by molar-refractivity contribution is 0.133. The SMILES string of the molecule is C/C=C(\C)CC/C=C(\C)C/C=C/C(C)(C)O. The van der Waals surface area contributed by atoms with Gasteiger partial charge in [0.25, 0.3) is 0 Å². The van der Waals surface area contributed by atoms with Crippen molar-refractivity contribution >= 4 is 0 Å². The fourth-order valence-corrected chi connectivity index (χ4v) is 1.31. The van der Waals surface area contributed by atoms with Gasteiger partial charge in [0.15, 0.2) is 0 Å². The first-order valence-corrected chi connectivity index (χ1v) is 6.02. The van der Waals surface area contributed by atoms with Crippen molar-refractivity contribution in [1.82, 2.24) is 0 Å². The van der Waals surface area contributed by atoms with E-state index in [0.717, 1.165) is 19.3 Å². The molecule has 0 rings (SSSR count). The molecule has 0 aliphatic rings. The van der Waals surface area contributed by atoms with Crippen LogP contribution in [0.2, 0.25) is 0 Å². The van der Waals surface area contributed by atoms with Crippen LogP contribution in [0.15, 0.2) is 35.5 Å². The maximum absolute atomic E-state index is 9.50. The normalized spacial score (nSPS) is 14.9. The molecule has 1 N–H and O–H groups in total. The quantitative estimate of drug-likeness (QED) is 0.661. The van der Waals surface area contributed by atoms with E-state index in [4.69, 9.17) is 0 Å². The average molecular weight is 222 g/mol. The Kier molecular flexibility index (Phi) is 7.07. The molecule has 0 aliphatic heterocycles. The molecule has 0 bridgehead atoms. The summed E-state index contributed by atoms with van der Waals surface area (Å²) in [4.78, 5) is 0. The Morgan fingerprint density at radius 1 is 1.19 bits per heavy atom. The van der Waals surface area contributed by atoms with Crippen LogP contribution >= 0.6 is 0 Å². The van der Waals surface area contributed by atoms with Gasteiger partial charge in [-0.25, -0.2) is 0 Å². The molecule has 0 heterocycles. The van der Waals surface area contributed by atoms with Crippen LogP contribution in [0.25, 0.3) is 0 Å². The average Bonchev–Trinajstić information content (AvgIpc) is 2.15. The fraction of sp³-hybridized carbons (Fsp3) is 0.600. The van der Waals surface area contributed by atoms with E-state index in [1.165, 1.54) is 11.1 Å². The van der Waals surface area contributed by atoms with Crippen LogP contribution in [0.1, 0.15) is 53.9 Å². The lowest BCUT2D eigenvalue weighted by Gasteiger charge is -2.09. The van der Waals surface area contributed by atoms with Crippen molar-refractivity contribution in [3.63, 3.8) is 0 Å². The molecule has 1 nitrogen and oxygen atoms in total. The predicted molar refractivity (Wildman–Crippen MR) is 72.5 cm³/mol. The summed E-state index contributed by atoms with van der Waals surface area (Å²) in [5.74, 6) is 0. The van der Waals surface area contributed by atoms with E-state index in [0.29, 0.717) is 0 Å². The minimum atomic E-state index is -0.693. The standard InChI is InChI=1S/C15H26O/c1-6-13(2)9-7-10-14(3)11-8-12-15(4,5)16/h6,8,10,12,16H,7,9,11H2,1-5H3/b12-8+,13-6+,14-10+. The Labute approximate surface area is 101 Å². The van der Waals surface area contributed by atoms with Crippen molar-refractivity contribution < 1.29 is 5.11 Å². The number of hydrogen-bond donors (Lipinski definition) is 1. The molecular formula is C15H26O. The molecule has 0 aromatic rings. The molecule has 0 aromatic heterocycles. The second-order valence-electron chi connectivity index (χ2n) is 4.98. The van der Waals surface area contributed by atoms with Crippen molar-refractivity contribution in [1.29, 1.82) is 0 Å². The molecular weight excluding hydrogens is 196 g/mol. The van der Waals surface area contributed by atoms with Crippen molar-refractivity contribution in [2.45, 2.75) is 59.5 Å². The highest BCUT2D eigenvalue weighted by molar-refractivity contribution is 5.08. The smallest absolute Gasteiger partial charge is 0.0771 e. The minimum Gasteiger partial charge on any atom is -0.386 e. The third kappa shape index (κ3) is 9.72. The Balaban J connectivity index is 3.93. The van der Waals surface area contributed by atoms with Crippen molar-refractivity contribution in [2.24, 2.45) is 0 Å². The largest absolute Gasteiger partial charge is 0.386 e. The third-order valence-electron chi connectivity index (χ3n) is 2.49. The van der Waals surface area contributed by atoms with Crippen LogP contribution in [-0.2, 0) is 0 Å². The third-order valence-corrected chi connectivity index (χ3v) is 2.49. The zero-order valence-electron chi connectivity index (χ0n) is 11.4. The fourth-order valence-electron chi connectivity index (χ4n) is 1.31. The van der Waals surface area contributed by atoms with Crippen LogP contribution < -0.4 is 0 Å². The van der Waals surface area contributed by atoms with Gasteiger partial charge in [-0.1, -0.05) is 35.5 Å². The monoisotopic (exact) mass is 222 g/mol. The zero-order chi connectivity index (χ0) is 12.6. The molecule has 92 valence electrons. The Morgan fingerprint density at radius 3 is 2.31 bits per heavy atom. The van der Waals surface area contributed by atoms with E-state index in [-0.39, 0.29) is 0 Å². The minimum absolute atomic E-state index is 0.693. The van der Waals surface area contributed by atoms with E-state index in [1.807, 2.05) is 12.2 Å². The topological polar surface area (TPSA) is 20.2 Å². The summed E-state index contributed by atoms with van der Waals surface area (Å²) in [6.07, 6.45) is 11.5. The summed E-state index contributed by atoms with van der Waals surface area (Å²) in [7, 11) is 0. The van der Waals surface area contributed by atoms with E-state index >= 15 is 0 Å². The van der Waals surface area contributed by atoms with Gasteiger partial charge in [0.2, 0.25) is 0 Å². The molecule has 0 aliphatic carbocycles. The van der Waals surface area contributed by atoms with Gasteiger partial charge >= 0.3 is 0 Å². The molecule has 0 amide bonds. The highest BCUT2D eigenvalue weighted by Gasteiger charge is 2.04. The van der Waals surface area contributed by atoms with E-state index in [2.05, 4.69) is 32.9 Å². The summed E-state index contributed by atoms with van der Waals surface area (Å²) >= 11 is 0. The van der Waals surface area contributed by atoms with Crippen LogP contribution in [0.4, 0.5) is 0 Å². The number of allylic oxidation sites excluding steroid dienone is 5. The second-order valence-corrected chi connectivity index (χ2v) is 4.98. The molecule has 0 unspecified atom stereocenters. The molecule has 0 fully saturated rings. The first-order valence-electron chi connectivity index (χ1n) is 6.02. The van der Waals surface area contributed by atoms with E-state index in [9.17, 15) is 5.11 Å². The molecule has 0 spiro atoms.